The Morgan fingerprint density at radius 3 is 3.00 bits per heavy atom. The van der Waals surface area contributed by atoms with E-state index in [2.05, 4.69) is 25.3 Å². The molecule has 3 heterocycles. The predicted molar refractivity (Wildman–Crippen MR) is 96.5 cm³/mol. The van der Waals surface area contributed by atoms with Gasteiger partial charge in [0.25, 0.3) is 0 Å². The van der Waals surface area contributed by atoms with Crippen molar-refractivity contribution in [2.75, 3.05) is 11.9 Å². The Balaban J connectivity index is 1.90. The number of hydrogen-bond donors (Lipinski definition) is 3. The maximum absolute atomic E-state index is 14.1. The summed E-state index contributed by atoms with van der Waals surface area (Å²) in [4.78, 5) is 27.4. The highest BCUT2D eigenvalue weighted by Gasteiger charge is 2.17. The van der Waals surface area contributed by atoms with Crippen LogP contribution in [0.3, 0.4) is 0 Å². The summed E-state index contributed by atoms with van der Waals surface area (Å²) in [5, 5.41) is 12.8. The van der Waals surface area contributed by atoms with Gasteiger partial charge in [0.05, 0.1) is 17.3 Å². The molecule has 0 aliphatic heterocycles. The number of aliphatic hydroxyl groups excluding tert-OH is 1. The van der Waals surface area contributed by atoms with Crippen molar-refractivity contribution < 1.29 is 14.3 Å². The third-order valence-electron chi connectivity index (χ3n) is 3.90. The zero-order valence-corrected chi connectivity index (χ0v) is 14.7. The largest absolute Gasteiger partial charge is 0.396 e. The van der Waals surface area contributed by atoms with Gasteiger partial charge in [-0.05, 0) is 19.4 Å². The van der Waals surface area contributed by atoms with Crippen LogP contribution in [0.15, 0.2) is 24.7 Å². The van der Waals surface area contributed by atoms with Crippen LogP contribution in [0.1, 0.15) is 19.8 Å². The minimum atomic E-state index is -0.661. The number of carbonyl (C=O) groups is 1. The number of aliphatic hydroxyl groups is 1. The first-order chi connectivity index (χ1) is 12.5. The molecule has 0 saturated heterocycles. The molecule has 26 heavy (non-hydrogen) atoms. The molecule has 3 rings (SSSR count). The Labute approximate surface area is 153 Å². The molecule has 0 unspecified atom stereocenters. The summed E-state index contributed by atoms with van der Waals surface area (Å²) in [5.74, 6) is -0.586. The van der Waals surface area contributed by atoms with E-state index in [9.17, 15) is 9.18 Å². The fourth-order valence-corrected chi connectivity index (χ4v) is 2.67. The quantitative estimate of drug-likeness (QED) is 0.584. The Kier molecular flexibility index (Phi) is 5.43. The zero-order valence-electron chi connectivity index (χ0n) is 14.0. The van der Waals surface area contributed by atoms with Crippen LogP contribution in [-0.4, -0.2) is 43.5 Å². The van der Waals surface area contributed by atoms with Gasteiger partial charge in [-0.3, -0.25) is 4.79 Å². The second-order valence-corrected chi connectivity index (χ2v) is 6.24. The lowest BCUT2D eigenvalue weighted by molar-refractivity contribution is -0.119. The summed E-state index contributed by atoms with van der Waals surface area (Å²) in [6.07, 6.45) is 4.80. The van der Waals surface area contributed by atoms with Crippen LogP contribution >= 0.6 is 11.6 Å². The van der Waals surface area contributed by atoms with Crippen LogP contribution in [0.25, 0.3) is 22.4 Å². The van der Waals surface area contributed by atoms with Gasteiger partial charge in [-0.2, -0.15) is 0 Å². The molecule has 9 heteroatoms. The number of ketones is 1. The van der Waals surface area contributed by atoms with Crippen LogP contribution < -0.4 is 5.32 Å². The lowest BCUT2D eigenvalue weighted by atomic mass is 10.1. The van der Waals surface area contributed by atoms with Crippen LogP contribution in [0.4, 0.5) is 10.2 Å². The molecule has 0 saturated carbocycles. The summed E-state index contributed by atoms with van der Waals surface area (Å²) in [7, 11) is 0. The highest BCUT2D eigenvalue weighted by atomic mass is 35.5. The number of pyridine rings is 1. The minimum Gasteiger partial charge on any atom is -0.396 e. The normalized spacial score (nSPS) is 12.3. The lowest BCUT2D eigenvalue weighted by Gasteiger charge is -2.14. The Bertz CT molecular complexity index is 946. The van der Waals surface area contributed by atoms with Crippen LogP contribution in [0.5, 0.6) is 0 Å². The molecule has 3 aromatic heterocycles. The van der Waals surface area contributed by atoms with Gasteiger partial charge in [0, 0.05) is 36.4 Å². The van der Waals surface area contributed by atoms with Gasteiger partial charge in [0.1, 0.15) is 5.65 Å². The Morgan fingerprint density at radius 2 is 2.23 bits per heavy atom. The van der Waals surface area contributed by atoms with Gasteiger partial charge in [0.15, 0.2) is 23.2 Å². The fourth-order valence-electron chi connectivity index (χ4n) is 2.52. The third-order valence-corrected chi connectivity index (χ3v) is 4.11. The Hall–Kier alpha value is -2.58. The SMILES string of the molecule is C[C@H](Nc1nc(-c2c[nH]c3ncc(Cl)cc23)ncc1F)C(=O)CCCO. The van der Waals surface area contributed by atoms with Crippen molar-refractivity contribution in [3.63, 3.8) is 0 Å². The van der Waals surface area contributed by atoms with Crippen molar-refractivity contribution in [2.24, 2.45) is 0 Å². The van der Waals surface area contributed by atoms with Crippen molar-refractivity contribution in [3.8, 4) is 11.4 Å². The van der Waals surface area contributed by atoms with Gasteiger partial charge in [-0.15, -0.1) is 0 Å². The van der Waals surface area contributed by atoms with Crippen molar-refractivity contribution in [1.82, 2.24) is 19.9 Å². The zero-order chi connectivity index (χ0) is 18.7. The summed E-state index contributed by atoms with van der Waals surface area (Å²) >= 11 is 5.99. The molecule has 0 aliphatic rings. The first-order valence-corrected chi connectivity index (χ1v) is 8.43. The number of hydrogen-bond acceptors (Lipinski definition) is 6. The average molecular weight is 378 g/mol. The molecule has 0 fully saturated rings. The highest BCUT2D eigenvalue weighted by molar-refractivity contribution is 6.31. The number of aromatic nitrogens is 4. The molecule has 0 aliphatic carbocycles. The molecule has 1 atom stereocenters. The summed E-state index contributed by atoms with van der Waals surface area (Å²) in [6.45, 7) is 1.55. The average Bonchev–Trinajstić information content (AvgIpc) is 3.04. The number of rotatable bonds is 7. The minimum absolute atomic E-state index is 0.0656. The van der Waals surface area contributed by atoms with E-state index < -0.39 is 11.9 Å². The smallest absolute Gasteiger partial charge is 0.183 e. The van der Waals surface area contributed by atoms with Gasteiger partial charge in [-0.1, -0.05) is 11.6 Å². The number of anilines is 1. The molecule has 0 spiro atoms. The third kappa shape index (κ3) is 3.81. The standard InChI is InChI=1S/C17H17ClFN5O2/c1-9(14(26)3-2-4-25)23-17-13(19)8-22-16(24-17)12-7-21-15-11(12)5-10(18)6-20-15/h5-9,25H,2-4H2,1H3,(H,20,21)(H,22,23,24)/t9-/m0/s1. The van der Waals surface area contributed by atoms with E-state index in [1.54, 1.807) is 19.2 Å². The van der Waals surface area contributed by atoms with Crippen molar-refractivity contribution >= 4 is 34.2 Å². The molecule has 136 valence electrons. The molecule has 0 aromatic carbocycles. The van der Waals surface area contributed by atoms with E-state index in [0.717, 1.165) is 6.20 Å². The number of aromatic amines is 1. The van der Waals surface area contributed by atoms with E-state index in [0.29, 0.717) is 28.0 Å². The molecule has 0 amide bonds. The summed E-state index contributed by atoms with van der Waals surface area (Å²) in [5.41, 5.74) is 1.23. The number of Topliss-reactive ketones (excluding diaryl/α,β-unsaturated/α-hetero) is 1. The van der Waals surface area contributed by atoms with E-state index in [1.165, 1.54) is 6.20 Å². The monoisotopic (exact) mass is 377 g/mol. The Morgan fingerprint density at radius 1 is 1.42 bits per heavy atom. The highest BCUT2D eigenvalue weighted by Crippen LogP contribution is 2.28. The fraction of sp³-hybridized carbons (Fsp3) is 0.294. The van der Waals surface area contributed by atoms with Gasteiger partial charge < -0.3 is 15.4 Å². The molecule has 7 nitrogen and oxygen atoms in total. The molecular formula is C17H17ClFN5O2. The van der Waals surface area contributed by atoms with Gasteiger partial charge >= 0.3 is 0 Å². The maximum atomic E-state index is 14.1. The first-order valence-electron chi connectivity index (χ1n) is 8.05. The summed E-state index contributed by atoms with van der Waals surface area (Å²) in [6, 6.07) is 1.08. The molecule has 3 aromatic rings. The number of nitrogens with one attached hydrogen (secondary N) is 2. The van der Waals surface area contributed by atoms with Gasteiger partial charge in [0.2, 0.25) is 0 Å². The second-order valence-electron chi connectivity index (χ2n) is 5.80. The number of nitrogens with zero attached hydrogens (tertiary/aromatic N) is 3. The predicted octanol–water partition coefficient (Wildman–Crippen LogP) is 2.95. The lowest BCUT2D eigenvalue weighted by Crippen LogP contribution is -2.27. The molecule has 0 bridgehead atoms. The van der Waals surface area contributed by atoms with E-state index in [-0.39, 0.29) is 30.5 Å². The van der Waals surface area contributed by atoms with Crippen LogP contribution in [0, 0.1) is 5.82 Å². The van der Waals surface area contributed by atoms with E-state index in [1.807, 2.05) is 0 Å². The molecular weight excluding hydrogens is 361 g/mol. The van der Waals surface area contributed by atoms with E-state index in [4.69, 9.17) is 16.7 Å². The number of carbonyl (C=O) groups excluding carboxylic acids is 1. The van der Waals surface area contributed by atoms with Crippen molar-refractivity contribution in [1.29, 1.82) is 0 Å². The van der Waals surface area contributed by atoms with Crippen molar-refractivity contribution in [3.05, 3.63) is 35.5 Å². The van der Waals surface area contributed by atoms with Crippen molar-refractivity contribution in [2.45, 2.75) is 25.8 Å². The molecule has 3 N–H and O–H groups in total. The number of fused-ring (bicyclic) bond motifs is 1. The number of halogens is 2. The first kappa shape index (κ1) is 18.2. The van der Waals surface area contributed by atoms with Crippen LogP contribution in [0.2, 0.25) is 5.02 Å². The molecule has 0 radical (unpaired) electrons. The van der Waals surface area contributed by atoms with Crippen LogP contribution in [-0.2, 0) is 4.79 Å². The maximum Gasteiger partial charge on any atom is 0.183 e. The topological polar surface area (TPSA) is 104 Å². The van der Waals surface area contributed by atoms with E-state index >= 15 is 0 Å². The summed E-state index contributed by atoms with van der Waals surface area (Å²) < 4.78 is 14.1. The van der Waals surface area contributed by atoms with Gasteiger partial charge in [-0.25, -0.2) is 19.3 Å². The second kappa shape index (κ2) is 7.76. The number of H-pyrrole nitrogens is 1.